The van der Waals surface area contributed by atoms with E-state index in [0.29, 0.717) is 18.0 Å². The van der Waals surface area contributed by atoms with E-state index >= 15 is 0 Å². The zero-order chi connectivity index (χ0) is 14.0. The number of carbonyl (C=O) groups is 1. The number of carbonyl (C=O) groups excluding carboxylic acids is 1. The van der Waals surface area contributed by atoms with E-state index in [1.807, 2.05) is 19.9 Å². The van der Waals surface area contributed by atoms with Gasteiger partial charge in [-0.05, 0) is 26.0 Å². The number of nitrogens with two attached hydrogens (primary N) is 1. The first kappa shape index (κ1) is 19.9. The molecule has 8 heteroatoms. The standard InChI is InChI=1S/C13H17N3O2S.2ClH/c1-8(7-14)16(3)13(17)11-9(2)19-12(15-11)10-5-4-6-18-10;;/h4-6,8H,7,14H2,1-3H3;2*1H. The van der Waals surface area contributed by atoms with Crippen LogP contribution in [0.2, 0.25) is 0 Å². The van der Waals surface area contributed by atoms with Gasteiger partial charge in [0.1, 0.15) is 5.69 Å². The molecule has 0 saturated carbocycles. The quantitative estimate of drug-likeness (QED) is 0.918. The minimum absolute atomic E-state index is 0. The number of aryl methyl sites for hydroxylation is 1. The van der Waals surface area contributed by atoms with Crippen molar-refractivity contribution in [1.29, 1.82) is 0 Å². The van der Waals surface area contributed by atoms with Crippen LogP contribution in [0.3, 0.4) is 0 Å². The van der Waals surface area contributed by atoms with Gasteiger partial charge in [0.15, 0.2) is 10.8 Å². The van der Waals surface area contributed by atoms with Crippen molar-refractivity contribution in [2.45, 2.75) is 19.9 Å². The van der Waals surface area contributed by atoms with Gasteiger partial charge < -0.3 is 15.1 Å². The maximum absolute atomic E-state index is 12.3. The number of rotatable bonds is 4. The average Bonchev–Trinajstić information content (AvgIpc) is 3.04. The summed E-state index contributed by atoms with van der Waals surface area (Å²) < 4.78 is 5.30. The summed E-state index contributed by atoms with van der Waals surface area (Å²) in [4.78, 5) is 19.2. The first-order chi connectivity index (χ1) is 9.04. The molecule has 2 aromatic rings. The average molecular weight is 352 g/mol. The zero-order valence-electron chi connectivity index (χ0n) is 12.0. The topological polar surface area (TPSA) is 72.4 Å². The zero-order valence-corrected chi connectivity index (χ0v) is 14.5. The number of hydrogen-bond donors (Lipinski definition) is 1. The predicted molar refractivity (Wildman–Crippen MR) is 89.7 cm³/mol. The lowest BCUT2D eigenvalue weighted by Crippen LogP contribution is -2.40. The van der Waals surface area contributed by atoms with E-state index in [1.165, 1.54) is 11.3 Å². The Kier molecular flexibility index (Phi) is 7.95. The van der Waals surface area contributed by atoms with Crippen LogP contribution < -0.4 is 5.73 Å². The maximum Gasteiger partial charge on any atom is 0.273 e. The number of halogens is 2. The molecule has 0 spiro atoms. The summed E-state index contributed by atoms with van der Waals surface area (Å²) in [5, 5.41) is 0.722. The van der Waals surface area contributed by atoms with E-state index in [-0.39, 0.29) is 36.8 Å². The van der Waals surface area contributed by atoms with Crippen LogP contribution in [0.4, 0.5) is 0 Å². The van der Waals surface area contributed by atoms with Crippen molar-refractivity contribution in [3.63, 3.8) is 0 Å². The third kappa shape index (κ3) is 4.20. The van der Waals surface area contributed by atoms with Crippen molar-refractivity contribution in [3.05, 3.63) is 29.0 Å². The molecule has 118 valence electrons. The van der Waals surface area contributed by atoms with E-state index in [4.69, 9.17) is 10.2 Å². The highest BCUT2D eigenvalue weighted by Gasteiger charge is 2.22. The third-order valence-electron chi connectivity index (χ3n) is 3.05. The van der Waals surface area contributed by atoms with Crippen LogP contribution >= 0.6 is 36.2 Å². The number of aromatic nitrogens is 1. The Bertz CT molecular complexity index is 572. The van der Waals surface area contributed by atoms with E-state index in [1.54, 1.807) is 24.3 Å². The van der Waals surface area contributed by atoms with Crippen LogP contribution in [0.1, 0.15) is 22.3 Å². The molecule has 0 aliphatic carbocycles. The number of amides is 1. The van der Waals surface area contributed by atoms with Crippen LogP contribution in [0.5, 0.6) is 0 Å². The van der Waals surface area contributed by atoms with Crippen LogP contribution in [-0.2, 0) is 0 Å². The van der Waals surface area contributed by atoms with E-state index in [9.17, 15) is 4.79 Å². The van der Waals surface area contributed by atoms with Gasteiger partial charge in [-0.1, -0.05) is 0 Å². The number of nitrogens with zero attached hydrogens (tertiary/aromatic N) is 2. The highest BCUT2D eigenvalue weighted by molar-refractivity contribution is 7.15. The van der Waals surface area contributed by atoms with Crippen LogP contribution in [-0.4, -0.2) is 35.4 Å². The van der Waals surface area contributed by atoms with Crippen molar-refractivity contribution >= 4 is 42.1 Å². The fraction of sp³-hybridized carbons (Fsp3) is 0.385. The predicted octanol–water partition coefficient (Wildman–Crippen LogP) is 2.97. The highest BCUT2D eigenvalue weighted by atomic mass is 35.5. The molecule has 2 rings (SSSR count). The van der Waals surface area contributed by atoms with Gasteiger partial charge in [-0.25, -0.2) is 4.98 Å². The molecule has 0 aromatic carbocycles. The summed E-state index contributed by atoms with van der Waals surface area (Å²) in [6.07, 6.45) is 1.59. The summed E-state index contributed by atoms with van der Waals surface area (Å²) in [5.74, 6) is 0.575. The number of thiazole rings is 1. The second kappa shape index (κ2) is 8.38. The van der Waals surface area contributed by atoms with E-state index < -0.39 is 0 Å². The van der Waals surface area contributed by atoms with Crippen molar-refractivity contribution in [3.8, 4) is 10.8 Å². The summed E-state index contributed by atoms with van der Waals surface area (Å²) >= 11 is 1.45. The molecule has 0 aliphatic rings. The number of hydrogen-bond acceptors (Lipinski definition) is 5. The van der Waals surface area contributed by atoms with Gasteiger partial charge >= 0.3 is 0 Å². The Balaban J connectivity index is 0.00000200. The summed E-state index contributed by atoms with van der Waals surface area (Å²) in [6.45, 7) is 4.22. The molecule has 0 fully saturated rings. The third-order valence-corrected chi connectivity index (χ3v) is 4.04. The summed E-state index contributed by atoms with van der Waals surface area (Å²) in [6, 6.07) is 3.62. The van der Waals surface area contributed by atoms with E-state index in [2.05, 4.69) is 4.98 Å². The minimum Gasteiger partial charge on any atom is -0.462 e. The largest absolute Gasteiger partial charge is 0.462 e. The van der Waals surface area contributed by atoms with Gasteiger partial charge in [0, 0.05) is 24.5 Å². The molecular formula is C13H19Cl2N3O2S. The molecule has 2 N–H and O–H groups in total. The fourth-order valence-electron chi connectivity index (χ4n) is 1.63. The van der Waals surface area contributed by atoms with Crippen molar-refractivity contribution in [2.75, 3.05) is 13.6 Å². The first-order valence-electron chi connectivity index (χ1n) is 6.03. The smallest absolute Gasteiger partial charge is 0.273 e. The molecule has 1 atom stereocenters. The van der Waals surface area contributed by atoms with Crippen LogP contribution in [0, 0.1) is 6.92 Å². The van der Waals surface area contributed by atoms with Gasteiger partial charge in [0.2, 0.25) is 0 Å². The van der Waals surface area contributed by atoms with Crippen molar-refractivity contribution in [2.24, 2.45) is 5.73 Å². The molecule has 0 saturated heterocycles. The van der Waals surface area contributed by atoms with Gasteiger partial charge in [-0.3, -0.25) is 4.79 Å². The van der Waals surface area contributed by atoms with Crippen molar-refractivity contribution in [1.82, 2.24) is 9.88 Å². The maximum atomic E-state index is 12.3. The summed E-state index contributed by atoms with van der Waals surface area (Å²) in [5.41, 5.74) is 6.05. The molecule has 1 amide bonds. The number of likely N-dealkylation sites (N-methyl/N-ethyl adjacent to an activating group) is 1. The molecule has 0 bridgehead atoms. The lowest BCUT2D eigenvalue weighted by Gasteiger charge is -2.22. The fourth-order valence-corrected chi connectivity index (χ4v) is 2.50. The first-order valence-corrected chi connectivity index (χ1v) is 6.84. The summed E-state index contributed by atoms with van der Waals surface area (Å²) in [7, 11) is 1.74. The Morgan fingerprint density at radius 2 is 2.19 bits per heavy atom. The molecule has 2 aromatic heterocycles. The lowest BCUT2D eigenvalue weighted by molar-refractivity contribution is 0.0742. The van der Waals surface area contributed by atoms with Gasteiger partial charge in [-0.15, -0.1) is 36.2 Å². The second-order valence-electron chi connectivity index (χ2n) is 4.40. The van der Waals surface area contributed by atoms with Crippen molar-refractivity contribution < 1.29 is 9.21 Å². The molecular weight excluding hydrogens is 333 g/mol. The number of furan rings is 1. The van der Waals surface area contributed by atoms with Crippen LogP contribution in [0.15, 0.2) is 22.8 Å². The van der Waals surface area contributed by atoms with E-state index in [0.717, 1.165) is 9.88 Å². The molecule has 21 heavy (non-hydrogen) atoms. The Morgan fingerprint density at radius 1 is 1.52 bits per heavy atom. The van der Waals surface area contributed by atoms with Gasteiger partial charge in [0.25, 0.3) is 5.91 Å². The Hall–Kier alpha value is -1.08. The molecule has 5 nitrogen and oxygen atoms in total. The van der Waals surface area contributed by atoms with Gasteiger partial charge in [0.05, 0.1) is 6.26 Å². The minimum atomic E-state index is -0.107. The molecule has 0 aliphatic heterocycles. The Morgan fingerprint density at radius 3 is 2.71 bits per heavy atom. The molecule has 2 heterocycles. The van der Waals surface area contributed by atoms with Gasteiger partial charge in [-0.2, -0.15) is 0 Å². The molecule has 1 unspecified atom stereocenters. The lowest BCUT2D eigenvalue weighted by atomic mass is 10.2. The highest BCUT2D eigenvalue weighted by Crippen LogP contribution is 2.28. The van der Waals surface area contributed by atoms with Crippen LogP contribution in [0.25, 0.3) is 10.8 Å². The SMILES string of the molecule is Cc1sc(-c2ccco2)nc1C(=O)N(C)C(C)CN.Cl.Cl. The molecule has 0 radical (unpaired) electrons. The monoisotopic (exact) mass is 351 g/mol. The normalized spacial score (nSPS) is 11.2. The Labute approximate surface area is 140 Å². The second-order valence-corrected chi connectivity index (χ2v) is 5.61.